The first-order valence-corrected chi connectivity index (χ1v) is 14.3. The first kappa shape index (κ1) is 26.8. The topological polar surface area (TPSA) is 9.23 Å². The Labute approximate surface area is 210 Å². The number of hydrogen-bond donors (Lipinski definition) is 0. The molecular weight excluding hydrogens is 412 g/mol. The van der Waals surface area contributed by atoms with Crippen LogP contribution in [-0.4, -0.2) is 0 Å². The number of benzene rings is 2. The third-order valence-corrected chi connectivity index (χ3v) is 8.47. The highest BCUT2D eigenvalue weighted by molar-refractivity contribution is 5.49. The van der Waals surface area contributed by atoms with Crippen LogP contribution < -0.4 is 4.74 Å². The van der Waals surface area contributed by atoms with Crippen LogP contribution in [0, 0.1) is 26.7 Å². The average molecular weight is 463 g/mol. The number of rotatable bonds is 12. The number of unbranched alkanes of at least 4 members (excludes halogenated alkanes) is 3. The van der Waals surface area contributed by atoms with E-state index in [4.69, 9.17) is 4.74 Å². The van der Waals surface area contributed by atoms with Gasteiger partial charge in [-0.1, -0.05) is 102 Å². The molecule has 2 unspecified atom stereocenters. The molecule has 1 heterocycles. The number of hydrogen-bond acceptors (Lipinski definition) is 1. The maximum Gasteiger partial charge on any atom is 0.138 e. The van der Waals surface area contributed by atoms with Crippen molar-refractivity contribution in [3.8, 4) is 5.75 Å². The van der Waals surface area contributed by atoms with E-state index in [0.717, 1.165) is 12.2 Å². The quantitative estimate of drug-likeness (QED) is 0.305. The zero-order valence-corrected chi connectivity index (χ0v) is 23.2. The highest BCUT2D eigenvalue weighted by Crippen LogP contribution is 2.60. The highest BCUT2D eigenvalue weighted by atomic mass is 16.5. The molecule has 1 nitrogen and oxygen atoms in total. The highest BCUT2D eigenvalue weighted by Gasteiger charge is 2.57. The minimum Gasteiger partial charge on any atom is -0.482 e. The molecule has 2 aromatic rings. The lowest BCUT2D eigenvalue weighted by Crippen LogP contribution is -2.55. The van der Waals surface area contributed by atoms with Crippen LogP contribution in [0.3, 0.4) is 0 Å². The van der Waals surface area contributed by atoms with Gasteiger partial charge in [0.2, 0.25) is 0 Å². The molecule has 3 rings (SSSR count). The van der Waals surface area contributed by atoms with E-state index in [1.165, 1.54) is 92.0 Å². The smallest absolute Gasteiger partial charge is 0.138 e. The summed E-state index contributed by atoms with van der Waals surface area (Å²) in [6.45, 7) is 16.2. The molecule has 0 fully saturated rings. The summed E-state index contributed by atoms with van der Waals surface area (Å²) < 4.78 is 7.39. The molecule has 0 aromatic heterocycles. The molecule has 1 aliphatic rings. The zero-order valence-electron chi connectivity index (χ0n) is 23.2. The Morgan fingerprint density at radius 1 is 0.676 bits per heavy atom. The summed E-state index contributed by atoms with van der Waals surface area (Å²) in [7, 11) is 0. The van der Waals surface area contributed by atoms with Gasteiger partial charge in [-0.25, -0.2) is 0 Å². The van der Waals surface area contributed by atoms with Crippen molar-refractivity contribution >= 4 is 0 Å². The van der Waals surface area contributed by atoms with Gasteiger partial charge in [-0.05, 0) is 75.6 Å². The van der Waals surface area contributed by atoms with Crippen LogP contribution in [0.5, 0.6) is 5.75 Å². The van der Waals surface area contributed by atoms with E-state index in [1.54, 1.807) is 0 Å². The normalized spacial score (nSPS) is 21.2. The van der Waals surface area contributed by atoms with Gasteiger partial charge in [0.15, 0.2) is 0 Å². The Bertz CT molecular complexity index is 918. The second kappa shape index (κ2) is 11.8. The third-order valence-electron chi connectivity index (χ3n) is 8.47. The predicted molar refractivity (Wildman–Crippen MR) is 148 cm³/mol. The van der Waals surface area contributed by atoms with Crippen molar-refractivity contribution in [3.63, 3.8) is 0 Å². The summed E-state index contributed by atoms with van der Waals surface area (Å²) in [6.07, 6.45) is 13.5. The standard InChI is InChI=1S/C33H50O/c1-8-12-20-32(21-13-9-2)29-19-17-26(6)24-30(29)34-33(22-14-10-3,31(32)15-11-4)28-18-16-25(5)23-27(28)7/h16-19,23-24,31H,8-15,20-22H2,1-7H3. The van der Waals surface area contributed by atoms with Crippen molar-refractivity contribution in [1.82, 2.24) is 0 Å². The summed E-state index contributed by atoms with van der Waals surface area (Å²) in [5.74, 6) is 1.65. The lowest BCUT2D eigenvalue weighted by atomic mass is 9.54. The van der Waals surface area contributed by atoms with Crippen LogP contribution in [0.25, 0.3) is 0 Å². The van der Waals surface area contributed by atoms with Gasteiger partial charge in [-0.2, -0.15) is 0 Å². The SMILES string of the molecule is CCCCC1(CCCC)c2ccc(C)cc2OC(CCCC)(c2ccc(C)cc2C)C1CCC. The number of fused-ring (bicyclic) bond motifs is 1. The Balaban J connectivity index is 2.37. The summed E-state index contributed by atoms with van der Waals surface area (Å²) in [6, 6.07) is 14.2. The second-order valence-corrected chi connectivity index (χ2v) is 11.1. The second-order valence-electron chi connectivity index (χ2n) is 11.1. The molecule has 0 saturated heterocycles. The molecule has 0 spiro atoms. The van der Waals surface area contributed by atoms with Crippen LogP contribution in [0.15, 0.2) is 36.4 Å². The van der Waals surface area contributed by atoms with Crippen molar-refractivity contribution in [2.75, 3.05) is 0 Å². The van der Waals surface area contributed by atoms with Crippen molar-refractivity contribution in [2.45, 2.75) is 130 Å². The van der Waals surface area contributed by atoms with Gasteiger partial charge in [0, 0.05) is 16.9 Å². The van der Waals surface area contributed by atoms with E-state index < -0.39 is 0 Å². The molecule has 0 saturated carbocycles. The van der Waals surface area contributed by atoms with E-state index in [9.17, 15) is 0 Å². The zero-order chi connectivity index (χ0) is 24.8. The Morgan fingerprint density at radius 2 is 1.24 bits per heavy atom. The van der Waals surface area contributed by atoms with Crippen LogP contribution in [-0.2, 0) is 11.0 Å². The maximum atomic E-state index is 7.39. The van der Waals surface area contributed by atoms with E-state index in [2.05, 4.69) is 84.9 Å². The van der Waals surface area contributed by atoms with Crippen LogP contribution in [0.4, 0.5) is 0 Å². The molecule has 1 aliphatic heterocycles. The minimum absolute atomic E-state index is 0.175. The van der Waals surface area contributed by atoms with Gasteiger partial charge < -0.3 is 4.74 Å². The monoisotopic (exact) mass is 462 g/mol. The van der Waals surface area contributed by atoms with Crippen molar-refractivity contribution in [2.24, 2.45) is 5.92 Å². The summed E-state index contributed by atoms with van der Waals surface area (Å²) in [5.41, 5.74) is 6.89. The molecule has 0 bridgehead atoms. The molecular formula is C33H50O. The fourth-order valence-corrected chi connectivity index (χ4v) is 6.88. The fraction of sp³-hybridized carbons (Fsp3) is 0.636. The van der Waals surface area contributed by atoms with Gasteiger partial charge in [0.25, 0.3) is 0 Å². The molecule has 34 heavy (non-hydrogen) atoms. The predicted octanol–water partition coefficient (Wildman–Crippen LogP) is 10.1. The molecule has 0 N–H and O–H groups in total. The van der Waals surface area contributed by atoms with Gasteiger partial charge >= 0.3 is 0 Å². The summed E-state index contributed by atoms with van der Waals surface area (Å²) >= 11 is 0. The van der Waals surface area contributed by atoms with Crippen molar-refractivity contribution in [3.05, 3.63) is 64.2 Å². The molecule has 0 amide bonds. The lowest BCUT2D eigenvalue weighted by molar-refractivity contribution is -0.0767. The van der Waals surface area contributed by atoms with E-state index in [-0.39, 0.29) is 11.0 Å². The van der Waals surface area contributed by atoms with Crippen molar-refractivity contribution < 1.29 is 4.74 Å². The average Bonchev–Trinajstić information content (AvgIpc) is 2.81. The molecule has 2 atom stereocenters. The third kappa shape index (κ3) is 5.09. The van der Waals surface area contributed by atoms with Gasteiger partial charge in [-0.3, -0.25) is 0 Å². The Kier molecular flexibility index (Phi) is 9.30. The van der Waals surface area contributed by atoms with Gasteiger partial charge in [0.1, 0.15) is 11.4 Å². The van der Waals surface area contributed by atoms with Crippen molar-refractivity contribution in [1.29, 1.82) is 0 Å². The summed E-state index contributed by atoms with van der Waals surface area (Å²) in [4.78, 5) is 0. The first-order valence-electron chi connectivity index (χ1n) is 14.3. The summed E-state index contributed by atoms with van der Waals surface area (Å²) in [5, 5.41) is 0. The molecule has 1 heteroatoms. The molecule has 2 aromatic carbocycles. The minimum atomic E-state index is -0.258. The van der Waals surface area contributed by atoms with E-state index >= 15 is 0 Å². The first-order chi connectivity index (χ1) is 16.4. The fourth-order valence-electron chi connectivity index (χ4n) is 6.88. The van der Waals surface area contributed by atoms with Crippen LogP contribution >= 0.6 is 0 Å². The van der Waals surface area contributed by atoms with Crippen LogP contribution in [0.1, 0.15) is 126 Å². The Morgan fingerprint density at radius 3 is 1.79 bits per heavy atom. The van der Waals surface area contributed by atoms with Gasteiger partial charge in [-0.15, -0.1) is 0 Å². The maximum absolute atomic E-state index is 7.39. The van der Waals surface area contributed by atoms with Crippen LogP contribution in [0.2, 0.25) is 0 Å². The number of ether oxygens (including phenoxy) is 1. The molecule has 188 valence electrons. The molecule has 0 radical (unpaired) electrons. The lowest BCUT2D eigenvalue weighted by Gasteiger charge is -2.57. The van der Waals surface area contributed by atoms with E-state index in [0.29, 0.717) is 5.92 Å². The number of aryl methyl sites for hydroxylation is 3. The Hall–Kier alpha value is -1.76. The van der Waals surface area contributed by atoms with Gasteiger partial charge in [0.05, 0.1) is 0 Å². The van der Waals surface area contributed by atoms with E-state index in [1.807, 2.05) is 0 Å². The molecule has 0 aliphatic carbocycles. The largest absolute Gasteiger partial charge is 0.482 e.